The van der Waals surface area contributed by atoms with Gasteiger partial charge in [-0.3, -0.25) is 0 Å². The summed E-state index contributed by atoms with van der Waals surface area (Å²) < 4.78 is 16.0. The second-order valence-electron chi connectivity index (χ2n) is 4.57. The number of benzene rings is 2. The fourth-order valence-corrected chi connectivity index (χ4v) is 2.99. The molecular formula is C16H16Br2FN. The first-order chi connectivity index (χ1) is 9.61. The highest BCUT2D eigenvalue weighted by atomic mass is 79.9. The van der Waals surface area contributed by atoms with Gasteiger partial charge in [0.1, 0.15) is 5.82 Å². The molecule has 0 aromatic heterocycles. The Kier molecular flexibility index (Phi) is 5.75. The van der Waals surface area contributed by atoms with Gasteiger partial charge in [0.05, 0.1) is 0 Å². The maximum atomic E-state index is 14.1. The van der Waals surface area contributed by atoms with Crippen LogP contribution < -0.4 is 5.32 Å². The van der Waals surface area contributed by atoms with E-state index >= 15 is 0 Å². The fourth-order valence-electron chi connectivity index (χ4n) is 2.21. The van der Waals surface area contributed by atoms with Gasteiger partial charge >= 0.3 is 0 Å². The van der Waals surface area contributed by atoms with Gasteiger partial charge in [-0.05, 0) is 36.7 Å². The Labute approximate surface area is 135 Å². The van der Waals surface area contributed by atoms with Gasteiger partial charge in [-0.1, -0.05) is 63.0 Å². The molecule has 106 valence electrons. The molecule has 2 aromatic carbocycles. The largest absolute Gasteiger partial charge is 0.310 e. The van der Waals surface area contributed by atoms with E-state index in [4.69, 9.17) is 0 Å². The van der Waals surface area contributed by atoms with Crippen LogP contribution in [0.5, 0.6) is 0 Å². The first-order valence-corrected chi connectivity index (χ1v) is 8.12. The van der Waals surface area contributed by atoms with Crippen LogP contribution in [0.3, 0.4) is 0 Å². The van der Waals surface area contributed by atoms with E-state index in [1.54, 1.807) is 0 Å². The molecular weight excluding hydrogens is 385 g/mol. The van der Waals surface area contributed by atoms with E-state index in [1.807, 2.05) is 37.3 Å². The van der Waals surface area contributed by atoms with Crippen LogP contribution in [0, 0.1) is 5.82 Å². The molecule has 0 saturated carbocycles. The van der Waals surface area contributed by atoms with Crippen molar-refractivity contribution in [1.29, 1.82) is 0 Å². The van der Waals surface area contributed by atoms with Crippen molar-refractivity contribution < 1.29 is 4.39 Å². The maximum Gasteiger partial charge on any atom is 0.129 e. The molecule has 0 bridgehead atoms. The standard InChI is InChI=1S/C16H16Br2FN/c1-2-20-16(9-11-5-3-4-6-14(11)18)13-8-7-12(17)10-15(13)19/h3-8,10,16,20H,2,9H2,1H3. The summed E-state index contributed by atoms with van der Waals surface area (Å²) in [7, 11) is 0. The molecule has 0 radical (unpaired) electrons. The molecule has 0 spiro atoms. The average Bonchev–Trinajstić information content (AvgIpc) is 2.41. The third-order valence-corrected chi connectivity index (χ3v) is 4.44. The van der Waals surface area contributed by atoms with Crippen LogP contribution >= 0.6 is 31.9 Å². The molecule has 2 aromatic rings. The third kappa shape index (κ3) is 3.90. The minimum Gasteiger partial charge on any atom is -0.310 e. The maximum absolute atomic E-state index is 14.1. The van der Waals surface area contributed by atoms with Gasteiger partial charge in [0.15, 0.2) is 0 Å². The van der Waals surface area contributed by atoms with Crippen molar-refractivity contribution in [3.63, 3.8) is 0 Å². The molecule has 0 saturated heterocycles. The normalized spacial score (nSPS) is 12.4. The zero-order valence-electron chi connectivity index (χ0n) is 11.2. The predicted octanol–water partition coefficient (Wildman–Crippen LogP) is 5.24. The number of hydrogen-bond donors (Lipinski definition) is 1. The SMILES string of the molecule is CCNC(Cc1ccccc1Br)c1ccc(Br)cc1F. The monoisotopic (exact) mass is 399 g/mol. The highest BCUT2D eigenvalue weighted by Crippen LogP contribution is 2.27. The van der Waals surface area contributed by atoms with E-state index in [0.717, 1.165) is 21.9 Å². The molecule has 0 heterocycles. The van der Waals surface area contributed by atoms with Crippen LogP contribution in [0.15, 0.2) is 51.4 Å². The Morgan fingerprint density at radius 1 is 1.15 bits per heavy atom. The van der Waals surface area contributed by atoms with Crippen molar-refractivity contribution in [2.24, 2.45) is 0 Å². The Morgan fingerprint density at radius 2 is 1.90 bits per heavy atom. The van der Waals surface area contributed by atoms with Crippen LogP contribution in [0.1, 0.15) is 24.1 Å². The van der Waals surface area contributed by atoms with E-state index in [1.165, 1.54) is 11.6 Å². The summed E-state index contributed by atoms with van der Waals surface area (Å²) in [5, 5.41) is 3.36. The molecule has 0 aliphatic heterocycles. The zero-order valence-corrected chi connectivity index (χ0v) is 14.3. The van der Waals surface area contributed by atoms with E-state index in [-0.39, 0.29) is 11.9 Å². The summed E-state index contributed by atoms with van der Waals surface area (Å²) in [4.78, 5) is 0. The molecule has 0 amide bonds. The van der Waals surface area contributed by atoms with Crippen molar-refractivity contribution in [3.05, 3.63) is 68.4 Å². The van der Waals surface area contributed by atoms with Crippen molar-refractivity contribution >= 4 is 31.9 Å². The minimum atomic E-state index is -0.183. The van der Waals surface area contributed by atoms with Gasteiger partial charge in [0.25, 0.3) is 0 Å². The van der Waals surface area contributed by atoms with E-state index in [2.05, 4.69) is 43.2 Å². The van der Waals surface area contributed by atoms with Crippen molar-refractivity contribution in [3.8, 4) is 0 Å². The molecule has 2 rings (SSSR count). The molecule has 1 atom stereocenters. The summed E-state index contributed by atoms with van der Waals surface area (Å²) >= 11 is 6.84. The van der Waals surface area contributed by atoms with Crippen molar-refractivity contribution in [2.45, 2.75) is 19.4 Å². The first kappa shape index (κ1) is 15.7. The Morgan fingerprint density at radius 3 is 2.55 bits per heavy atom. The Hall–Kier alpha value is -0.710. The van der Waals surface area contributed by atoms with Crippen molar-refractivity contribution in [2.75, 3.05) is 6.54 Å². The van der Waals surface area contributed by atoms with Gasteiger partial charge < -0.3 is 5.32 Å². The fraction of sp³-hybridized carbons (Fsp3) is 0.250. The highest BCUT2D eigenvalue weighted by Gasteiger charge is 2.16. The van der Waals surface area contributed by atoms with E-state index < -0.39 is 0 Å². The molecule has 0 fully saturated rings. The summed E-state index contributed by atoms with van der Waals surface area (Å²) in [5.41, 5.74) is 1.87. The first-order valence-electron chi connectivity index (χ1n) is 6.53. The van der Waals surface area contributed by atoms with Crippen LogP contribution in [0.2, 0.25) is 0 Å². The zero-order chi connectivity index (χ0) is 14.5. The Bertz CT molecular complexity index is 586. The lowest BCUT2D eigenvalue weighted by Gasteiger charge is -2.20. The number of halogens is 3. The summed E-state index contributed by atoms with van der Waals surface area (Å²) in [6.45, 7) is 2.83. The second kappa shape index (κ2) is 7.34. The molecule has 4 heteroatoms. The summed E-state index contributed by atoms with van der Waals surface area (Å²) in [6, 6.07) is 13.2. The van der Waals surface area contributed by atoms with Gasteiger partial charge in [-0.2, -0.15) is 0 Å². The molecule has 0 aliphatic rings. The smallest absolute Gasteiger partial charge is 0.129 e. The lowest BCUT2D eigenvalue weighted by atomic mass is 9.98. The van der Waals surface area contributed by atoms with Crippen LogP contribution in [0.4, 0.5) is 4.39 Å². The molecule has 20 heavy (non-hydrogen) atoms. The number of likely N-dealkylation sites (N-methyl/N-ethyl adjacent to an activating group) is 1. The summed E-state index contributed by atoms with van der Waals surface area (Å²) in [6.07, 6.45) is 0.744. The van der Waals surface area contributed by atoms with E-state index in [0.29, 0.717) is 5.56 Å². The third-order valence-electron chi connectivity index (χ3n) is 3.17. The topological polar surface area (TPSA) is 12.0 Å². The molecule has 1 N–H and O–H groups in total. The average molecular weight is 401 g/mol. The van der Waals surface area contributed by atoms with Crippen molar-refractivity contribution in [1.82, 2.24) is 5.32 Å². The van der Waals surface area contributed by atoms with Gasteiger partial charge in [-0.25, -0.2) is 4.39 Å². The lowest BCUT2D eigenvalue weighted by molar-refractivity contribution is 0.509. The molecule has 0 aliphatic carbocycles. The van der Waals surface area contributed by atoms with Gasteiger partial charge in [0, 0.05) is 20.6 Å². The molecule has 1 nitrogen and oxygen atoms in total. The minimum absolute atomic E-state index is 0.0354. The number of rotatable bonds is 5. The predicted molar refractivity (Wildman–Crippen MR) is 88.4 cm³/mol. The quantitative estimate of drug-likeness (QED) is 0.723. The number of hydrogen-bond acceptors (Lipinski definition) is 1. The van der Waals surface area contributed by atoms with Crippen LogP contribution in [-0.2, 0) is 6.42 Å². The molecule has 1 unspecified atom stereocenters. The second-order valence-corrected chi connectivity index (χ2v) is 6.34. The van der Waals surface area contributed by atoms with E-state index in [9.17, 15) is 4.39 Å². The Balaban J connectivity index is 2.29. The van der Waals surface area contributed by atoms with Crippen LogP contribution in [0.25, 0.3) is 0 Å². The van der Waals surface area contributed by atoms with Gasteiger partial charge in [0.2, 0.25) is 0 Å². The highest BCUT2D eigenvalue weighted by molar-refractivity contribution is 9.10. The van der Waals surface area contributed by atoms with Gasteiger partial charge in [-0.15, -0.1) is 0 Å². The van der Waals surface area contributed by atoms with Crippen LogP contribution in [-0.4, -0.2) is 6.54 Å². The number of nitrogens with one attached hydrogen (secondary N) is 1. The lowest BCUT2D eigenvalue weighted by Crippen LogP contribution is -2.24. The summed E-state index contributed by atoms with van der Waals surface area (Å²) in [5.74, 6) is -0.183.